The van der Waals surface area contributed by atoms with Crippen LogP contribution in [0, 0.1) is 5.92 Å². The molecule has 13 heavy (non-hydrogen) atoms. The summed E-state index contributed by atoms with van der Waals surface area (Å²) in [6, 6.07) is 8.42. The fourth-order valence-corrected chi connectivity index (χ4v) is 1.81. The van der Waals surface area contributed by atoms with Gasteiger partial charge in [-0.3, -0.25) is 0 Å². The zero-order valence-electron chi connectivity index (χ0n) is 7.93. The molecule has 2 heteroatoms. The molecule has 0 aliphatic rings. The van der Waals surface area contributed by atoms with Crippen LogP contribution in [0.4, 0.5) is 0 Å². The van der Waals surface area contributed by atoms with Gasteiger partial charge in [0.25, 0.3) is 0 Å². The Hall–Kier alpha value is 0.180. The molecule has 1 aromatic rings. The quantitative estimate of drug-likeness (QED) is 0.726. The van der Waals surface area contributed by atoms with E-state index in [1.165, 1.54) is 10.0 Å². The van der Waals surface area contributed by atoms with Gasteiger partial charge in [0.1, 0.15) is 0 Å². The largest absolute Gasteiger partial charge is 0.0891 e. The SMILES string of the molecule is CC(Br)C(C)Cc1ccccc1Br. The van der Waals surface area contributed by atoms with Crippen molar-refractivity contribution in [2.24, 2.45) is 5.92 Å². The highest BCUT2D eigenvalue weighted by molar-refractivity contribution is 9.10. The molecule has 0 spiro atoms. The molecule has 2 atom stereocenters. The van der Waals surface area contributed by atoms with Gasteiger partial charge in [0, 0.05) is 9.30 Å². The van der Waals surface area contributed by atoms with E-state index in [1.54, 1.807) is 0 Å². The summed E-state index contributed by atoms with van der Waals surface area (Å²) in [5.41, 5.74) is 1.39. The fourth-order valence-electron chi connectivity index (χ4n) is 1.17. The minimum absolute atomic E-state index is 0.569. The molecule has 0 radical (unpaired) electrons. The zero-order chi connectivity index (χ0) is 9.84. The van der Waals surface area contributed by atoms with Gasteiger partial charge in [-0.05, 0) is 24.0 Å². The molecule has 0 heterocycles. The Morgan fingerprint density at radius 3 is 2.38 bits per heavy atom. The summed E-state index contributed by atoms with van der Waals surface area (Å²) in [5, 5.41) is 0. The molecule has 1 rings (SSSR count). The third kappa shape index (κ3) is 3.43. The van der Waals surface area contributed by atoms with Crippen LogP contribution in [0.5, 0.6) is 0 Å². The lowest BCUT2D eigenvalue weighted by molar-refractivity contribution is 0.580. The van der Waals surface area contributed by atoms with E-state index in [1.807, 2.05) is 0 Å². The van der Waals surface area contributed by atoms with Crippen LogP contribution in [0.2, 0.25) is 0 Å². The minimum atomic E-state index is 0.569. The van der Waals surface area contributed by atoms with Crippen molar-refractivity contribution in [1.29, 1.82) is 0 Å². The van der Waals surface area contributed by atoms with Gasteiger partial charge in [-0.1, -0.05) is 63.9 Å². The average Bonchev–Trinajstić information content (AvgIpc) is 2.08. The topological polar surface area (TPSA) is 0 Å². The summed E-state index contributed by atoms with van der Waals surface area (Å²) in [6.45, 7) is 4.46. The molecule has 2 unspecified atom stereocenters. The molecule has 0 amide bonds. The van der Waals surface area contributed by atoms with Gasteiger partial charge in [-0.25, -0.2) is 0 Å². The minimum Gasteiger partial charge on any atom is -0.0891 e. The molecule has 0 aliphatic carbocycles. The monoisotopic (exact) mass is 304 g/mol. The summed E-state index contributed by atoms with van der Waals surface area (Å²) in [4.78, 5) is 0.569. The second-order valence-corrected chi connectivity index (χ2v) is 5.75. The van der Waals surface area contributed by atoms with E-state index in [4.69, 9.17) is 0 Å². The van der Waals surface area contributed by atoms with Crippen molar-refractivity contribution in [2.45, 2.75) is 25.1 Å². The van der Waals surface area contributed by atoms with E-state index in [0.717, 1.165) is 6.42 Å². The molecule has 0 aliphatic heterocycles. The van der Waals surface area contributed by atoms with Gasteiger partial charge in [0.2, 0.25) is 0 Å². The molecular formula is C11H14Br2. The maximum Gasteiger partial charge on any atom is 0.0207 e. The molecule has 1 aromatic carbocycles. The van der Waals surface area contributed by atoms with Crippen molar-refractivity contribution >= 4 is 31.9 Å². The first kappa shape index (κ1) is 11.3. The lowest BCUT2D eigenvalue weighted by Crippen LogP contribution is -2.09. The van der Waals surface area contributed by atoms with E-state index in [9.17, 15) is 0 Å². The molecule has 0 bridgehead atoms. The number of hydrogen-bond acceptors (Lipinski definition) is 0. The number of rotatable bonds is 3. The van der Waals surface area contributed by atoms with Crippen LogP contribution in [0.3, 0.4) is 0 Å². The molecule has 0 fully saturated rings. The molecule has 0 saturated heterocycles. The summed E-state index contributed by atoms with van der Waals surface area (Å²) < 4.78 is 1.22. The first-order chi connectivity index (χ1) is 6.11. The zero-order valence-corrected chi connectivity index (χ0v) is 11.1. The second-order valence-electron chi connectivity index (χ2n) is 3.45. The van der Waals surface area contributed by atoms with Crippen LogP contribution in [-0.2, 0) is 6.42 Å². The van der Waals surface area contributed by atoms with Crippen molar-refractivity contribution in [2.75, 3.05) is 0 Å². The number of benzene rings is 1. The van der Waals surface area contributed by atoms with Crippen molar-refractivity contribution in [3.63, 3.8) is 0 Å². The van der Waals surface area contributed by atoms with Gasteiger partial charge >= 0.3 is 0 Å². The summed E-state index contributed by atoms with van der Waals surface area (Å²) in [5.74, 6) is 0.665. The first-order valence-corrected chi connectivity index (χ1v) is 6.19. The van der Waals surface area contributed by atoms with Gasteiger partial charge in [-0.15, -0.1) is 0 Å². The van der Waals surface area contributed by atoms with Crippen molar-refractivity contribution < 1.29 is 0 Å². The Bertz CT molecular complexity index is 269. The van der Waals surface area contributed by atoms with Crippen LogP contribution < -0.4 is 0 Å². The third-order valence-corrected chi connectivity index (χ3v) is 3.96. The maximum atomic E-state index is 3.61. The van der Waals surface area contributed by atoms with Crippen LogP contribution in [0.25, 0.3) is 0 Å². The molecule has 0 aromatic heterocycles. The third-order valence-electron chi connectivity index (χ3n) is 2.28. The highest BCUT2D eigenvalue weighted by Crippen LogP contribution is 2.22. The van der Waals surface area contributed by atoms with Crippen LogP contribution in [0.15, 0.2) is 28.7 Å². The summed E-state index contributed by atoms with van der Waals surface area (Å²) in [7, 11) is 0. The number of hydrogen-bond donors (Lipinski definition) is 0. The lowest BCUT2D eigenvalue weighted by atomic mass is 9.99. The summed E-state index contributed by atoms with van der Waals surface area (Å²) in [6.07, 6.45) is 1.12. The highest BCUT2D eigenvalue weighted by Gasteiger charge is 2.10. The summed E-state index contributed by atoms with van der Waals surface area (Å²) >= 11 is 7.17. The number of halogens is 2. The van der Waals surface area contributed by atoms with Crippen LogP contribution in [-0.4, -0.2) is 4.83 Å². The van der Waals surface area contributed by atoms with Crippen molar-refractivity contribution in [1.82, 2.24) is 0 Å². The second kappa shape index (κ2) is 5.16. The van der Waals surface area contributed by atoms with Gasteiger partial charge in [0.15, 0.2) is 0 Å². The smallest absolute Gasteiger partial charge is 0.0207 e. The highest BCUT2D eigenvalue weighted by atomic mass is 79.9. The van der Waals surface area contributed by atoms with E-state index in [2.05, 4.69) is 70.0 Å². The Kier molecular flexibility index (Phi) is 4.47. The predicted octanol–water partition coefficient (Wildman–Crippen LogP) is 4.41. The van der Waals surface area contributed by atoms with Crippen molar-refractivity contribution in [3.05, 3.63) is 34.3 Å². The average molecular weight is 306 g/mol. The standard InChI is InChI=1S/C11H14Br2/c1-8(9(2)12)7-10-5-3-4-6-11(10)13/h3-6,8-9H,7H2,1-2H3. The van der Waals surface area contributed by atoms with Gasteiger partial charge < -0.3 is 0 Å². The van der Waals surface area contributed by atoms with E-state index >= 15 is 0 Å². The molecular weight excluding hydrogens is 292 g/mol. The Labute approximate surface area is 97.0 Å². The van der Waals surface area contributed by atoms with E-state index in [0.29, 0.717) is 10.7 Å². The number of alkyl halides is 1. The van der Waals surface area contributed by atoms with Gasteiger partial charge in [0.05, 0.1) is 0 Å². The van der Waals surface area contributed by atoms with Crippen molar-refractivity contribution in [3.8, 4) is 0 Å². The molecule has 0 saturated carbocycles. The van der Waals surface area contributed by atoms with E-state index in [-0.39, 0.29) is 0 Å². The van der Waals surface area contributed by atoms with E-state index < -0.39 is 0 Å². The normalized spacial score (nSPS) is 15.4. The van der Waals surface area contributed by atoms with Crippen LogP contribution in [0.1, 0.15) is 19.4 Å². The molecule has 0 nitrogen and oxygen atoms in total. The molecule has 72 valence electrons. The lowest BCUT2D eigenvalue weighted by Gasteiger charge is -2.14. The fraction of sp³-hybridized carbons (Fsp3) is 0.455. The maximum absolute atomic E-state index is 3.61. The Balaban J connectivity index is 2.69. The first-order valence-electron chi connectivity index (χ1n) is 4.48. The van der Waals surface area contributed by atoms with Crippen LogP contribution >= 0.6 is 31.9 Å². The Morgan fingerprint density at radius 1 is 1.23 bits per heavy atom. The Morgan fingerprint density at radius 2 is 1.85 bits per heavy atom. The predicted molar refractivity (Wildman–Crippen MR) is 65.4 cm³/mol. The molecule has 0 N–H and O–H groups in total. The van der Waals surface area contributed by atoms with Gasteiger partial charge in [-0.2, -0.15) is 0 Å².